The molecule has 0 amide bonds. The highest BCUT2D eigenvalue weighted by Crippen LogP contribution is 2.25. The van der Waals surface area contributed by atoms with E-state index in [0.717, 1.165) is 0 Å². The minimum Gasteiger partial charge on any atom is -0.360 e. The predicted molar refractivity (Wildman–Crippen MR) is 65.1 cm³/mol. The second kappa shape index (κ2) is 5.22. The zero-order chi connectivity index (χ0) is 11.4. The van der Waals surface area contributed by atoms with Gasteiger partial charge in [-0.15, -0.1) is 0 Å². The number of nitro groups is 1. The second-order valence-electron chi connectivity index (χ2n) is 2.65. The van der Waals surface area contributed by atoms with Crippen molar-refractivity contribution in [2.24, 2.45) is 0 Å². The zero-order valence-corrected chi connectivity index (χ0v) is 10.7. The summed E-state index contributed by atoms with van der Waals surface area (Å²) in [5, 5.41) is 13.5. The van der Waals surface area contributed by atoms with E-state index >= 15 is 0 Å². The van der Waals surface area contributed by atoms with E-state index in [1.165, 1.54) is 12.3 Å². The molecule has 1 rings (SSSR count). The third kappa shape index (κ3) is 3.60. The van der Waals surface area contributed by atoms with Crippen LogP contribution in [0.4, 0.5) is 11.5 Å². The first kappa shape index (κ1) is 12.1. The van der Waals surface area contributed by atoms with E-state index in [2.05, 4.69) is 48.7 Å². The van der Waals surface area contributed by atoms with Gasteiger partial charge in [-0.25, -0.2) is 4.98 Å². The zero-order valence-electron chi connectivity index (χ0n) is 7.54. The summed E-state index contributed by atoms with van der Waals surface area (Å²) in [5.41, 5.74) is -0.0712. The molecule has 0 aliphatic heterocycles. The van der Waals surface area contributed by atoms with Gasteiger partial charge >= 0.3 is 5.69 Å². The largest absolute Gasteiger partial charge is 0.360 e. The minimum atomic E-state index is -0.489. The molecule has 15 heavy (non-hydrogen) atoms. The van der Waals surface area contributed by atoms with Crippen molar-refractivity contribution in [3.8, 4) is 0 Å². The highest BCUT2D eigenvalue weighted by atomic mass is 79.9. The third-order valence-corrected chi connectivity index (χ3v) is 2.19. The number of halogens is 2. The molecule has 1 heterocycles. The van der Waals surface area contributed by atoms with Crippen LogP contribution in [0, 0.1) is 10.1 Å². The normalized spacial score (nSPS) is 9.73. The van der Waals surface area contributed by atoms with Crippen LogP contribution in [-0.4, -0.2) is 16.5 Å². The van der Waals surface area contributed by atoms with Crippen molar-refractivity contribution in [3.05, 3.63) is 37.9 Å². The molecule has 0 saturated carbocycles. The Hall–Kier alpha value is -0.950. The Balaban J connectivity index is 2.95. The van der Waals surface area contributed by atoms with Gasteiger partial charge in [-0.1, -0.05) is 22.5 Å². The molecule has 0 aliphatic carbocycles. The molecular formula is C8H7Br2N3O2. The van der Waals surface area contributed by atoms with Gasteiger partial charge in [-0.05, 0) is 15.9 Å². The van der Waals surface area contributed by atoms with E-state index in [4.69, 9.17) is 0 Å². The van der Waals surface area contributed by atoms with Gasteiger partial charge in [0.2, 0.25) is 5.82 Å². The first-order valence-electron chi connectivity index (χ1n) is 3.88. The van der Waals surface area contributed by atoms with Gasteiger partial charge in [0.1, 0.15) is 0 Å². The molecule has 0 saturated heterocycles. The highest BCUT2D eigenvalue weighted by Gasteiger charge is 2.15. The number of anilines is 1. The Labute approximate surface area is 103 Å². The number of nitrogens with zero attached hydrogens (tertiary/aromatic N) is 2. The summed E-state index contributed by atoms with van der Waals surface area (Å²) in [6, 6.07) is 1.40. The van der Waals surface area contributed by atoms with Crippen LogP contribution in [-0.2, 0) is 0 Å². The molecule has 0 aliphatic rings. The predicted octanol–water partition coefficient (Wildman–Crippen LogP) is 3.07. The summed E-state index contributed by atoms with van der Waals surface area (Å²) in [4.78, 5) is 14.1. The fourth-order valence-electron chi connectivity index (χ4n) is 0.884. The maximum absolute atomic E-state index is 10.7. The van der Waals surface area contributed by atoms with E-state index in [9.17, 15) is 10.1 Å². The number of hydrogen-bond donors (Lipinski definition) is 1. The number of nitrogens with one attached hydrogen (secondary N) is 1. The van der Waals surface area contributed by atoms with Crippen molar-refractivity contribution in [3.63, 3.8) is 0 Å². The number of hydrogen-bond acceptors (Lipinski definition) is 4. The van der Waals surface area contributed by atoms with E-state index in [1.807, 2.05) is 0 Å². The van der Waals surface area contributed by atoms with Gasteiger partial charge in [0, 0.05) is 27.8 Å². The van der Waals surface area contributed by atoms with Crippen LogP contribution in [0.25, 0.3) is 0 Å². The number of aromatic nitrogens is 1. The fourth-order valence-corrected chi connectivity index (χ4v) is 1.34. The van der Waals surface area contributed by atoms with Crippen LogP contribution in [0.2, 0.25) is 0 Å². The van der Waals surface area contributed by atoms with Gasteiger partial charge in [0.15, 0.2) is 0 Å². The molecule has 80 valence electrons. The van der Waals surface area contributed by atoms with Crippen LogP contribution in [0.3, 0.4) is 0 Å². The lowest BCUT2D eigenvalue weighted by Gasteiger charge is -2.04. The lowest BCUT2D eigenvalue weighted by atomic mass is 10.4. The lowest BCUT2D eigenvalue weighted by Crippen LogP contribution is -2.05. The molecular weight excluding hydrogens is 330 g/mol. The highest BCUT2D eigenvalue weighted by molar-refractivity contribution is 9.11. The molecule has 0 atom stereocenters. The lowest BCUT2D eigenvalue weighted by molar-refractivity contribution is -0.384. The average Bonchev–Trinajstić information content (AvgIpc) is 2.15. The number of rotatable bonds is 4. The monoisotopic (exact) mass is 335 g/mol. The van der Waals surface area contributed by atoms with Crippen molar-refractivity contribution < 1.29 is 4.92 Å². The van der Waals surface area contributed by atoms with Gasteiger partial charge in [-0.2, -0.15) is 0 Å². The summed E-state index contributed by atoms with van der Waals surface area (Å²) < 4.78 is 1.26. The number of pyridine rings is 1. The molecule has 1 aromatic rings. The maximum Gasteiger partial charge on any atom is 0.312 e. The molecule has 1 N–H and O–H groups in total. The van der Waals surface area contributed by atoms with Crippen LogP contribution < -0.4 is 5.32 Å². The van der Waals surface area contributed by atoms with Crippen molar-refractivity contribution in [1.82, 2.24) is 4.98 Å². The Morgan fingerprint density at radius 1 is 1.73 bits per heavy atom. The molecule has 0 bridgehead atoms. The molecule has 0 unspecified atom stereocenters. The summed E-state index contributed by atoms with van der Waals surface area (Å²) in [6.45, 7) is 3.99. The third-order valence-electron chi connectivity index (χ3n) is 1.48. The van der Waals surface area contributed by atoms with Crippen LogP contribution in [0.15, 0.2) is 27.8 Å². The summed E-state index contributed by atoms with van der Waals surface area (Å²) in [6.07, 6.45) is 1.49. The molecule has 0 fully saturated rings. The van der Waals surface area contributed by atoms with Gasteiger partial charge in [0.05, 0.1) is 4.92 Å². The van der Waals surface area contributed by atoms with Crippen LogP contribution >= 0.6 is 31.9 Å². The van der Waals surface area contributed by atoms with Crippen molar-refractivity contribution >= 4 is 43.4 Å². The van der Waals surface area contributed by atoms with Crippen molar-refractivity contribution in [2.45, 2.75) is 0 Å². The van der Waals surface area contributed by atoms with Gasteiger partial charge in [-0.3, -0.25) is 10.1 Å². The van der Waals surface area contributed by atoms with E-state index in [1.54, 1.807) is 0 Å². The second-order valence-corrected chi connectivity index (χ2v) is 4.69. The van der Waals surface area contributed by atoms with E-state index < -0.39 is 4.92 Å². The Morgan fingerprint density at radius 2 is 2.40 bits per heavy atom. The van der Waals surface area contributed by atoms with Crippen LogP contribution in [0.5, 0.6) is 0 Å². The summed E-state index contributed by atoms with van der Waals surface area (Å²) in [5.74, 6) is 0.226. The minimum absolute atomic E-state index is 0.0712. The van der Waals surface area contributed by atoms with E-state index in [-0.39, 0.29) is 11.5 Å². The van der Waals surface area contributed by atoms with Gasteiger partial charge < -0.3 is 5.32 Å². The van der Waals surface area contributed by atoms with Gasteiger partial charge in [0.25, 0.3) is 0 Å². The van der Waals surface area contributed by atoms with E-state index in [0.29, 0.717) is 15.5 Å². The maximum atomic E-state index is 10.7. The molecule has 5 nitrogen and oxygen atoms in total. The molecule has 1 aromatic heterocycles. The Morgan fingerprint density at radius 3 is 2.93 bits per heavy atom. The molecule has 7 heteroatoms. The first-order valence-corrected chi connectivity index (χ1v) is 5.46. The smallest absolute Gasteiger partial charge is 0.312 e. The molecule has 0 spiro atoms. The fraction of sp³-hybridized carbons (Fsp3) is 0.125. The Bertz CT molecular complexity index is 409. The van der Waals surface area contributed by atoms with Crippen LogP contribution in [0.1, 0.15) is 0 Å². The molecule has 0 radical (unpaired) electrons. The average molecular weight is 337 g/mol. The Kier molecular flexibility index (Phi) is 4.22. The molecule has 0 aromatic carbocycles. The van der Waals surface area contributed by atoms with Crippen molar-refractivity contribution in [2.75, 3.05) is 11.9 Å². The quantitative estimate of drug-likeness (QED) is 0.677. The van der Waals surface area contributed by atoms with Crippen molar-refractivity contribution in [1.29, 1.82) is 0 Å². The summed E-state index contributed by atoms with van der Waals surface area (Å²) >= 11 is 6.27. The SMILES string of the molecule is C=C(Br)CNc1ncc(Br)cc1[N+](=O)[O-]. The summed E-state index contributed by atoms with van der Waals surface area (Å²) in [7, 11) is 0. The first-order chi connectivity index (χ1) is 7.00. The standard InChI is InChI=1S/C8H7Br2N3O2/c1-5(9)3-11-8-7(13(14)15)2-6(10)4-12-8/h2,4H,1,3H2,(H,11,12). The topological polar surface area (TPSA) is 68.1 Å².